The van der Waals surface area contributed by atoms with Gasteiger partial charge in [0.1, 0.15) is 0 Å². The third-order valence-corrected chi connectivity index (χ3v) is 3.46. The Morgan fingerprint density at radius 3 is 3.05 bits per heavy atom. The second kappa shape index (κ2) is 5.38. The summed E-state index contributed by atoms with van der Waals surface area (Å²) in [5, 5.41) is 19.1. The summed E-state index contributed by atoms with van der Waals surface area (Å²) in [7, 11) is 0. The van der Waals surface area contributed by atoms with Crippen LogP contribution in [0, 0.1) is 11.3 Å². The summed E-state index contributed by atoms with van der Waals surface area (Å²) in [4.78, 5) is 17.4. The molecule has 0 radical (unpaired) electrons. The van der Waals surface area contributed by atoms with Crippen molar-refractivity contribution in [2.45, 2.75) is 6.10 Å². The summed E-state index contributed by atoms with van der Waals surface area (Å²) in [5.41, 5.74) is 1.41. The average Bonchev–Trinajstić information content (AvgIpc) is 2.53. The predicted molar refractivity (Wildman–Crippen MR) is 76.3 cm³/mol. The monoisotopic (exact) mass is 283 g/mol. The molecule has 1 aromatic heterocycles. The van der Waals surface area contributed by atoms with E-state index in [-0.39, 0.29) is 5.69 Å². The fraction of sp³-hybridized carbons (Fsp3) is 0.267. The topological polar surface area (TPSA) is 86.5 Å². The first-order chi connectivity index (χ1) is 10.2. The number of carbonyl (C=O) groups is 1. The highest BCUT2D eigenvalue weighted by Gasteiger charge is 2.23. The molecule has 0 amide bonds. The highest BCUT2D eigenvalue weighted by Crippen LogP contribution is 2.28. The summed E-state index contributed by atoms with van der Waals surface area (Å²) in [5.74, 6) is -1.06. The largest absolute Gasteiger partial charge is 0.477 e. The van der Waals surface area contributed by atoms with Crippen molar-refractivity contribution in [1.29, 1.82) is 5.26 Å². The maximum atomic E-state index is 11.2. The van der Waals surface area contributed by atoms with Crippen molar-refractivity contribution in [3.8, 4) is 6.07 Å². The zero-order valence-electron chi connectivity index (χ0n) is 11.2. The molecule has 2 aromatic rings. The Bertz CT molecular complexity index is 739. The third kappa shape index (κ3) is 2.51. The first kappa shape index (κ1) is 13.3. The van der Waals surface area contributed by atoms with Crippen LogP contribution >= 0.6 is 0 Å². The molecule has 0 spiro atoms. The van der Waals surface area contributed by atoms with Crippen LogP contribution in [0.3, 0.4) is 0 Å². The SMILES string of the molecule is N#CC1CN(c2cc(C(=O)O)nc3ccccc23)CCO1. The number of carboxylic acid groups (broad SMARTS) is 1. The number of aromatic nitrogens is 1. The van der Waals surface area contributed by atoms with E-state index in [0.29, 0.717) is 25.2 Å². The average molecular weight is 283 g/mol. The Kier molecular flexibility index (Phi) is 3.42. The molecule has 1 aliphatic rings. The molecule has 6 heteroatoms. The van der Waals surface area contributed by atoms with Gasteiger partial charge in [-0.3, -0.25) is 0 Å². The van der Waals surface area contributed by atoms with E-state index < -0.39 is 12.1 Å². The van der Waals surface area contributed by atoms with E-state index in [2.05, 4.69) is 11.1 Å². The molecule has 1 aromatic carbocycles. The number of ether oxygens (including phenoxy) is 1. The molecule has 1 fully saturated rings. The minimum atomic E-state index is -1.06. The zero-order chi connectivity index (χ0) is 14.8. The van der Waals surface area contributed by atoms with Crippen LogP contribution < -0.4 is 4.90 Å². The number of rotatable bonds is 2. The number of morpholine rings is 1. The summed E-state index contributed by atoms with van der Waals surface area (Å²) in [6.45, 7) is 1.48. The molecule has 1 atom stereocenters. The lowest BCUT2D eigenvalue weighted by Gasteiger charge is -2.32. The van der Waals surface area contributed by atoms with Crippen molar-refractivity contribution >= 4 is 22.6 Å². The predicted octanol–water partition coefficient (Wildman–Crippen LogP) is 1.66. The van der Waals surface area contributed by atoms with Gasteiger partial charge in [-0.05, 0) is 12.1 Å². The van der Waals surface area contributed by atoms with Crippen molar-refractivity contribution < 1.29 is 14.6 Å². The number of hydrogen-bond donors (Lipinski definition) is 1. The molecule has 106 valence electrons. The maximum Gasteiger partial charge on any atom is 0.354 e. The van der Waals surface area contributed by atoms with Gasteiger partial charge in [0.15, 0.2) is 11.8 Å². The highest BCUT2D eigenvalue weighted by atomic mass is 16.5. The number of benzene rings is 1. The molecule has 0 saturated carbocycles. The quantitative estimate of drug-likeness (QED) is 0.902. The molecular weight excluding hydrogens is 270 g/mol. The van der Waals surface area contributed by atoms with Crippen LogP contribution in [0.1, 0.15) is 10.5 Å². The van der Waals surface area contributed by atoms with Gasteiger partial charge in [-0.2, -0.15) is 5.26 Å². The van der Waals surface area contributed by atoms with Crippen LogP contribution in [0.25, 0.3) is 10.9 Å². The fourth-order valence-electron chi connectivity index (χ4n) is 2.47. The fourth-order valence-corrected chi connectivity index (χ4v) is 2.47. The Labute approximate surface area is 121 Å². The van der Waals surface area contributed by atoms with E-state index in [1.165, 1.54) is 0 Å². The van der Waals surface area contributed by atoms with Gasteiger partial charge in [0.05, 0.1) is 24.7 Å². The molecule has 3 rings (SSSR count). The van der Waals surface area contributed by atoms with Gasteiger partial charge < -0.3 is 14.7 Å². The van der Waals surface area contributed by atoms with Gasteiger partial charge in [0, 0.05) is 17.6 Å². The number of fused-ring (bicyclic) bond motifs is 1. The van der Waals surface area contributed by atoms with E-state index >= 15 is 0 Å². The van der Waals surface area contributed by atoms with Gasteiger partial charge in [0.25, 0.3) is 0 Å². The van der Waals surface area contributed by atoms with Crippen LogP contribution in [0.4, 0.5) is 5.69 Å². The van der Waals surface area contributed by atoms with Crippen molar-refractivity contribution in [2.75, 3.05) is 24.6 Å². The molecule has 1 N–H and O–H groups in total. The van der Waals surface area contributed by atoms with Crippen molar-refractivity contribution in [2.24, 2.45) is 0 Å². The first-order valence-corrected chi connectivity index (χ1v) is 6.58. The smallest absolute Gasteiger partial charge is 0.354 e. The second-order valence-corrected chi connectivity index (χ2v) is 4.78. The van der Waals surface area contributed by atoms with Crippen LogP contribution in [0.5, 0.6) is 0 Å². The van der Waals surface area contributed by atoms with Crippen molar-refractivity contribution in [1.82, 2.24) is 4.98 Å². The molecule has 0 bridgehead atoms. The van der Waals surface area contributed by atoms with E-state index in [1.807, 2.05) is 23.1 Å². The van der Waals surface area contributed by atoms with E-state index in [1.54, 1.807) is 12.1 Å². The minimum absolute atomic E-state index is 0.00343. The molecular formula is C15H13N3O3. The second-order valence-electron chi connectivity index (χ2n) is 4.78. The Morgan fingerprint density at radius 2 is 2.29 bits per heavy atom. The number of hydrogen-bond acceptors (Lipinski definition) is 5. The summed E-state index contributed by atoms with van der Waals surface area (Å²) in [6.07, 6.45) is -0.501. The lowest BCUT2D eigenvalue weighted by atomic mass is 10.1. The number of para-hydroxylation sites is 1. The highest BCUT2D eigenvalue weighted by molar-refractivity contribution is 5.97. The minimum Gasteiger partial charge on any atom is -0.477 e. The molecule has 1 aliphatic heterocycles. The van der Waals surface area contributed by atoms with E-state index in [9.17, 15) is 9.90 Å². The third-order valence-electron chi connectivity index (χ3n) is 3.46. The lowest BCUT2D eigenvalue weighted by Crippen LogP contribution is -2.42. The van der Waals surface area contributed by atoms with E-state index in [4.69, 9.17) is 10.00 Å². The number of carboxylic acids is 1. The number of pyridine rings is 1. The molecule has 1 unspecified atom stereocenters. The zero-order valence-corrected chi connectivity index (χ0v) is 11.2. The summed E-state index contributed by atoms with van der Waals surface area (Å²) < 4.78 is 5.33. The van der Waals surface area contributed by atoms with Gasteiger partial charge in [-0.15, -0.1) is 0 Å². The number of anilines is 1. The standard InChI is InChI=1S/C15H13N3O3/c16-8-10-9-18(5-6-21-10)14-7-13(15(19)20)17-12-4-2-1-3-11(12)14/h1-4,7,10H,5-6,9H2,(H,19,20). The van der Waals surface area contributed by atoms with Crippen LogP contribution in [-0.4, -0.2) is 41.9 Å². The van der Waals surface area contributed by atoms with E-state index in [0.717, 1.165) is 11.1 Å². The Hall–Kier alpha value is -2.65. The summed E-state index contributed by atoms with van der Waals surface area (Å²) in [6, 6.07) is 11.0. The van der Waals surface area contributed by atoms with Crippen LogP contribution in [0.2, 0.25) is 0 Å². The van der Waals surface area contributed by atoms with Crippen molar-refractivity contribution in [3.05, 3.63) is 36.0 Å². The van der Waals surface area contributed by atoms with Gasteiger partial charge in [0.2, 0.25) is 0 Å². The Balaban J connectivity index is 2.11. The number of nitriles is 1. The number of aromatic carboxylic acids is 1. The molecule has 6 nitrogen and oxygen atoms in total. The molecule has 21 heavy (non-hydrogen) atoms. The number of nitrogens with zero attached hydrogens (tertiary/aromatic N) is 3. The van der Waals surface area contributed by atoms with Crippen LogP contribution in [-0.2, 0) is 4.74 Å². The lowest BCUT2D eigenvalue weighted by molar-refractivity contribution is 0.0691. The van der Waals surface area contributed by atoms with Gasteiger partial charge in [-0.1, -0.05) is 18.2 Å². The Morgan fingerprint density at radius 1 is 1.48 bits per heavy atom. The van der Waals surface area contributed by atoms with Gasteiger partial charge >= 0.3 is 5.97 Å². The molecule has 2 heterocycles. The molecule has 1 saturated heterocycles. The van der Waals surface area contributed by atoms with Gasteiger partial charge in [-0.25, -0.2) is 9.78 Å². The van der Waals surface area contributed by atoms with Crippen LogP contribution in [0.15, 0.2) is 30.3 Å². The van der Waals surface area contributed by atoms with Crippen molar-refractivity contribution in [3.63, 3.8) is 0 Å². The normalized spacial score (nSPS) is 18.4. The maximum absolute atomic E-state index is 11.2. The molecule has 0 aliphatic carbocycles. The first-order valence-electron chi connectivity index (χ1n) is 6.58. The summed E-state index contributed by atoms with van der Waals surface area (Å²) >= 11 is 0.